The second-order valence-corrected chi connectivity index (χ2v) is 14.9. The van der Waals surface area contributed by atoms with Crippen molar-refractivity contribution in [1.82, 2.24) is 0 Å². The fraction of sp³-hybridized carbons (Fsp3) is 0.375. The first kappa shape index (κ1) is 37.5. The Morgan fingerprint density at radius 2 is 1.56 bits per heavy atom. The van der Waals surface area contributed by atoms with Crippen LogP contribution in [0.1, 0.15) is 64.5 Å². The third-order valence-electron chi connectivity index (χ3n) is 8.46. The molecule has 2 aromatic rings. The van der Waals surface area contributed by atoms with Crippen LogP contribution in [0.15, 0.2) is 82.3 Å². The summed E-state index contributed by atoms with van der Waals surface area (Å²) >= 11 is 0. The Kier molecular flexibility index (Phi) is 11.7. The second-order valence-electron chi connectivity index (χ2n) is 12.1. The molecule has 2 aliphatic heterocycles. The summed E-state index contributed by atoms with van der Waals surface area (Å²) in [5, 5.41) is 8.96. The summed E-state index contributed by atoms with van der Waals surface area (Å²) in [6.45, 7) is 8.51. The van der Waals surface area contributed by atoms with Gasteiger partial charge in [0, 0.05) is 98.9 Å². The number of carboxylic acid groups (broad SMARTS) is 1. The summed E-state index contributed by atoms with van der Waals surface area (Å²) < 4.78 is 70.2. The molecule has 0 aliphatic carbocycles. The Bertz CT molecular complexity index is 1840. The van der Waals surface area contributed by atoms with Gasteiger partial charge in [-0.15, -0.1) is 0 Å². The summed E-state index contributed by atoms with van der Waals surface area (Å²) in [7, 11) is -7.08. The van der Waals surface area contributed by atoms with Crippen molar-refractivity contribution in [3.8, 4) is 0 Å². The van der Waals surface area contributed by atoms with E-state index in [0.29, 0.717) is 13.0 Å². The molecule has 0 aromatic heterocycles. The van der Waals surface area contributed by atoms with E-state index in [1.54, 1.807) is 12.1 Å². The van der Waals surface area contributed by atoms with Crippen LogP contribution in [0.25, 0.3) is 0 Å². The summed E-state index contributed by atoms with van der Waals surface area (Å²) in [6.07, 6.45) is 11.7. The molecule has 0 unspecified atom stereocenters. The molecule has 0 saturated carbocycles. The van der Waals surface area contributed by atoms with Crippen molar-refractivity contribution in [3.63, 3.8) is 0 Å². The number of unbranched alkanes of at least 4 members (excludes halogenated alkanes) is 2. The van der Waals surface area contributed by atoms with E-state index in [1.165, 1.54) is 24.3 Å². The first-order chi connectivity index (χ1) is 20.4. The Morgan fingerprint density at radius 1 is 0.911 bits per heavy atom. The Labute approximate surface area is 308 Å². The maximum absolute atomic E-state index is 11.9. The first-order valence-corrected chi connectivity index (χ1v) is 17.1. The van der Waals surface area contributed by atoms with Crippen LogP contribution in [0.2, 0.25) is 0 Å². The van der Waals surface area contributed by atoms with Gasteiger partial charge >= 0.3 is 5.97 Å². The predicted molar refractivity (Wildman–Crippen MR) is 173 cm³/mol. The molecule has 45 heavy (non-hydrogen) atoms. The minimum Gasteiger partial charge on any atom is -0.744 e. The van der Waals surface area contributed by atoms with Crippen molar-refractivity contribution in [2.75, 3.05) is 18.5 Å². The van der Waals surface area contributed by atoms with E-state index in [4.69, 9.17) is 5.11 Å². The molecule has 0 amide bonds. The Hall–Kier alpha value is -1.94. The first-order valence-electron chi connectivity index (χ1n) is 14.3. The number of allylic oxidation sites excluding steroid dienone is 6. The van der Waals surface area contributed by atoms with Gasteiger partial charge in [0.1, 0.15) is 17.2 Å². The van der Waals surface area contributed by atoms with Crippen molar-refractivity contribution in [1.29, 1.82) is 0 Å². The molecule has 237 valence electrons. The van der Waals surface area contributed by atoms with Crippen molar-refractivity contribution in [2.24, 2.45) is 0 Å². The van der Waals surface area contributed by atoms with E-state index in [9.17, 15) is 30.7 Å². The summed E-state index contributed by atoms with van der Waals surface area (Å²) in [5.41, 5.74) is 3.86. The maximum atomic E-state index is 11.9. The van der Waals surface area contributed by atoms with Crippen LogP contribution >= 0.6 is 0 Å². The molecule has 0 spiro atoms. The molecule has 0 atom stereocenters. The number of anilines is 1. The van der Waals surface area contributed by atoms with Gasteiger partial charge < -0.3 is 14.6 Å². The largest absolute Gasteiger partial charge is 0.744 e. The van der Waals surface area contributed by atoms with E-state index < -0.39 is 37.0 Å². The normalized spacial score (nSPS) is 18.1. The predicted octanol–water partition coefficient (Wildman–Crippen LogP) is 4.90. The molecule has 0 saturated heterocycles. The average Bonchev–Trinajstić information content (AvgIpc) is 3.25. The third kappa shape index (κ3) is 7.96. The van der Waals surface area contributed by atoms with Crippen molar-refractivity contribution >= 4 is 94.7 Å². The molecule has 1 radical (unpaired) electrons. The van der Waals surface area contributed by atoms with Crippen LogP contribution in [-0.4, -0.2) is 112 Å². The van der Waals surface area contributed by atoms with Gasteiger partial charge in [0.15, 0.2) is 5.71 Å². The zero-order valence-electron chi connectivity index (χ0n) is 26.4. The van der Waals surface area contributed by atoms with Crippen LogP contribution in [-0.2, 0) is 35.9 Å². The van der Waals surface area contributed by atoms with Crippen LogP contribution < -0.4 is 4.90 Å². The Balaban J connectivity index is 0.00000552. The number of rotatable bonds is 11. The van der Waals surface area contributed by atoms with Crippen molar-refractivity contribution in [2.45, 2.75) is 74.0 Å². The maximum Gasteiger partial charge on any atom is 0.303 e. The quantitative estimate of drug-likeness (QED) is 0.111. The molecule has 2 aromatic carbocycles. The van der Waals surface area contributed by atoms with Crippen molar-refractivity contribution < 1.29 is 40.4 Å². The molecule has 4 rings (SSSR count). The van der Waals surface area contributed by atoms with Crippen LogP contribution in [0.5, 0.6) is 0 Å². The Morgan fingerprint density at radius 3 is 2.18 bits per heavy atom. The zero-order chi connectivity index (χ0) is 32.7. The van der Waals surface area contributed by atoms with Crippen molar-refractivity contribution in [3.05, 3.63) is 83.6 Å². The summed E-state index contributed by atoms with van der Waals surface area (Å²) in [4.78, 5) is 12.6. The molecule has 0 bridgehead atoms. The zero-order valence-corrected chi connectivity index (χ0v) is 31.2. The van der Waals surface area contributed by atoms with Gasteiger partial charge in [-0.05, 0) is 68.7 Å². The number of nitrogens with zero attached hydrogens (tertiary/aromatic N) is 2. The molecular formula is C32H38KN2O8S2. The van der Waals surface area contributed by atoms with Gasteiger partial charge in [-0.1, -0.05) is 38.5 Å². The van der Waals surface area contributed by atoms with E-state index >= 15 is 0 Å². The van der Waals surface area contributed by atoms with Gasteiger partial charge in [-0.25, -0.2) is 8.42 Å². The third-order valence-corrected chi connectivity index (χ3v) is 10.1. The number of carboxylic acids is 1. The number of hydrogen-bond acceptors (Lipinski definition) is 7. The number of hydrogen-bond donors (Lipinski definition) is 2. The molecule has 13 heteroatoms. The van der Waals surface area contributed by atoms with E-state index in [0.717, 1.165) is 46.8 Å². The average molecular weight is 682 g/mol. The van der Waals surface area contributed by atoms with Gasteiger partial charge in [0.2, 0.25) is 5.69 Å². The summed E-state index contributed by atoms with van der Waals surface area (Å²) in [6, 6.07) is 8.99. The van der Waals surface area contributed by atoms with Crippen LogP contribution in [0.4, 0.5) is 11.4 Å². The molecule has 2 heterocycles. The molecule has 2 aliphatic rings. The fourth-order valence-electron chi connectivity index (χ4n) is 6.11. The number of carbonyl (C=O) groups is 1. The standard InChI is InChI=1S/C32H38N2O8S2.K/c1-31(2)24-20-22(43(37,38)39)15-17-26(24)33(5)28(31)12-8-6-9-13-29-32(3,4)25-21-23(44(40,41)42)16-18-27(25)34(29)19-11-7-10-14-30(35)36;/h6,8-9,12-13,15-18,20-21H,7,10-11,14,19H2,1-5H3,(H2-,35,36,37,38,39,40,41,42);. The van der Waals surface area contributed by atoms with E-state index in [1.807, 2.05) is 69.7 Å². The molecular weight excluding hydrogens is 644 g/mol. The van der Waals surface area contributed by atoms with Crippen LogP contribution in [0.3, 0.4) is 0 Å². The van der Waals surface area contributed by atoms with Gasteiger partial charge in [0.25, 0.3) is 10.1 Å². The van der Waals surface area contributed by atoms with Gasteiger partial charge in [-0.2, -0.15) is 13.0 Å². The minimum absolute atomic E-state index is 0. The smallest absolute Gasteiger partial charge is 0.303 e. The topological polar surface area (TPSA) is 155 Å². The SMILES string of the molecule is C[N+]1=C(C=CC=CC=C2N(CCCCCC(=O)O)c3ccc(S(=O)(=O)O)cc3C2(C)C)C(C)(C)c2cc(S(=O)(=O)[O-])ccc21.[K]. The molecule has 2 N–H and O–H groups in total. The number of fused-ring (bicyclic) bond motifs is 2. The molecule has 10 nitrogen and oxygen atoms in total. The van der Waals surface area contributed by atoms with E-state index in [-0.39, 0.29) is 67.6 Å². The minimum atomic E-state index is -4.58. The fourth-order valence-corrected chi connectivity index (χ4v) is 7.11. The summed E-state index contributed by atoms with van der Waals surface area (Å²) in [5.74, 6) is -0.830. The number of aliphatic carboxylic acids is 1. The second kappa shape index (κ2) is 14.0. The molecule has 0 fully saturated rings. The van der Waals surface area contributed by atoms with Gasteiger partial charge in [0.05, 0.1) is 15.2 Å². The van der Waals surface area contributed by atoms with Gasteiger partial charge in [-0.3, -0.25) is 9.35 Å². The number of benzene rings is 2. The monoisotopic (exact) mass is 681 g/mol. The van der Waals surface area contributed by atoms with Crippen LogP contribution in [0, 0.1) is 0 Å². The van der Waals surface area contributed by atoms with E-state index in [2.05, 4.69) is 4.90 Å².